The molecule has 2 aliphatic carbocycles. The van der Waals surface area contributed by atoms with E-state index in [2.05, 4.69) is 97.8 Å². The molecule has 0 N–H and O–H groups in total. The number of halogens is 1. The highest BCUT2D eigenvalue weighted by atomic mass is 127. The highest BCUT2D eigenvalue weighted by Crippen LogP contribution is 2.41. The van der Waals surface area contributed by atoms with Crippen LogP contribution in [0.15, 0.2) is 42.5 Å². The number of hydrogen-bond acceptors (Lipinski definition) is 4. The Hall–Kier alpha value is -1.89. The van der Waals surface area contributed by atoms with Crippen molar-refractivity contribution in [3.8, 4) is 11.8 Å². The van der Waals surface area contributed by atoms with E-state index < -0.39 is 8.32 Å². The van der Waals surface area contributed by atoms with Crippen molar-refractivity contribution in [2.75, 3.05) is 18.6 Å². The molecule has 0 bridgehead atoms. The van der Waals surface area contributed by atoms with Crippen LogP contribution in [-0.4, -0.2) is 34.0 Å². The first-order chi connectivity index (χ1) is 19.4. The van der Waals surface area contributed by atoms with Gasteiger partial charge in [0.2, 0.25) is 5.91 Å². The number of hydrogen-bond donors (Lipinski definition) is 0. The molecule has 2 aromatic carbocycles. The molecule has 2 saturated carbocycles. The lowest BCUT2D eigenvalue weighted by molar-refractivity contribution is -0.124. The van der Waals surface area contributed by atoms with Gasteiger partial charge in [-0.05, 0) is 140 Å². The van der Waals surface area contributed by atoms with Crippen LogP contribution in [0.25, 0.3) is 0 Å². The minimum absolute atomic E-state index is 0.0622. The zero-order valence-electron chi connectivity index (χ0n) is 25.7. The molecule has 41 heavy (non-hydrogen) atoms. The Labute approximate surface area is 262 Å². The van der Waals surface area contributed by atoms with Gasteiger partial charge >= 0.3 is 0 Å². The lowest BCUT2D eigenvalue weighted by atomic mass is 9.78. The van der Waals surface area contributed by atoms with Crippen LogP contribution < -0.4 is 9.64 Å². The van der Waals surface area contributed by atoms with Crippen LogP contribution in [0.2, 0.25) is 18.1 Å². The second kappa shape index (κ2) is 13.6. The van der Waals surface area contributed by atoms with E-state index in [1.54, 1.807) is 7.11 Å². The summed E-state index contributed by atoms with van der Waals surface area (Å²) in [5, 5.41) is 9.72. The van der Waals surface area contributed by atoms with E-state index in [0.717, 1.165) is 67.2 Å². The SMILES string of the molecule is COc1ccc([C@H]2CC[C@H](CN(c3cccc(I)c3)C(=O)[C@H]3CC[C@H](O[Si](C)(C)C(C)(C)C)CC3)CC2)cc1C#N. The molecule has 5 nitrogen and oxygen atoms in total. The van der Waals surface area contributed by atoms with E-state index in [4.69, 9.17) is 9.16 Å². The maximum Gasteiger partial charge on any atom is 0.230 e. The van der Waals surface area contributed by atoms with Gasteiger partial charge in [-0.15, -0.1) is 0 Å². The second-order valence-electron chi connectivity index (χ2n) is 13.6. The standard InChI is InChI=1S/C34H47IN2O3Si/c1-34(2,3)41(5,6)40-31-17-14-26(15-18-31)33(38)37(30-9-7-8-29(35)21-30)23-24-10-12-25(13-11-24)27-16-19-32(39-4)28(20-27)22-36/h7-9,16,19-21,24-26,31H,10-15,17-18,23H2,1-6H3/t24-,25-,26-,31-. The third-order valence-electron chi connectivity index (χ3n) is 9.78. The van der Waals surface area contributed by atoms with Crippen molar-refractivity contribution in [2.45, 2.75) is 102 Å². The highest BCUT2D eigenvalue weighted by molar-refractivity contribution is 14.1. The number of benzene rings is 2. The molecule has 0 unspecified atom stereocenters. The normalized spacial score (nSPS) is 23.5. The summed E-state index contributed by atoms with van der Waals surface area (Å²) in [6, 6.07) is 16.7. The van der Waals surface area contributed by atoms with Gasteiger partial charge in [0.25, 0.3) is 0 Å². The first kappa shape index (κ1) is 32.0. The van der Waals surface area contributed by atoms with Crippen molar-refractivity contribution in [1.82, 2.24) is 0 Å². The van der Waals surface area contributed by atoms with Crippen LogP contribution in [0.1, 0.15) is 89.2 Å². The quantitative estimate of drug-likeness (QED) is 0.205. The Balaban J connectivity index is 1.41. The molecule has 2 fully saturated rings. The number of anilines is 1. The van der Waals surface area contributed by atoms with Gasteiger partial charge in [-0.2, -0.15) is 5.26 Å². The van der Waals surface area contributed by atoms with Crippen molar-refractivity contribution in [2.24, 2.45) is 11.8 Å². The topological polar surface area (TPSA) is 62.6 Å². The van der Waals surface area contributed by atoms with Gasteiger partial charge in [0.05, 0.1) is 12.7 Å². The zero-order chi connectivity index (χ0) is 29.8. The third-order valence-corrected chi connectivity index (χ3v) is 15.0. The fourth-order valence-corrected chi connectivity index (χ4v) is 8.16. The molecule has 2 aliphatic rings. The molecule has 0 atom stereocenters. The molecule has 0 saturated heterocycles. The van der Waals surface area contributed by atoms with Crippen LogP contribution in [0.3, 0.4) is 0 Å². The second-order valence-corrected chi connectivity index (χ2v) is 19.6. The Morgan fingerprint density at radius 1 is 1.02 bits per heavy atom. The minimum Gasteiger partial charge on any atom is -0.495 e. The molecule has 4 rings (SSSR count). The zero-order valence-corrected chi connectivity index (χ0v) is 28.9. The minimum atomic E-state index is -1.81. The van der Waals surface area contributed by atoms with Gasteiger partial charge in [-0.25, -0.2) is 0 Å². The predicted molar refractivity (Wildman–Crippen MR) is 178 cm³/mol. The van der Waals surface area contributed by atoms with Crippen molar-refractivity contribution in [3.63, 3.8) is 0 Å². The molecule has 0 aromatic heterocycles. The molecular weight excluding hydrogens is 639 g/mol. The number of nitriles is 1. The summed E-state index contributed by atoms with van der Waals surface area (Å²) in [4.78, 5) is 16.2. The molecule has 222 valence electrons. The van der Waals surface area contributed by atoms with E-state index in [0.29, 0.717) is 23.1 Å². The van der Waals surface area contributed by atoms with Crippen molar-refractivity contribution < 1.29 is 14.0 Å². The largest absolute Gasteiger partial charge is 0.495 e. The monoisotopic (exact) mass is 686 g/mol. The van der Waals surface area contributed by atoms with E-state index in [1.165, 1.54) is 5.56 Å². The predicted octanol–water partition coefficient (Wildman–Crippen LogP) is 9.06. The van der Waals surface area contributed by atoms with Crippen molar-refractivity contribution in [3.05, 3.63) is 57.2 Å². The lowest BCUT2D eigenvalue weighted by Crippen LogP contribution is -2.46. The molecule has 0 spiro atoms. The maximum absolute atomic E-state index is 14.1. The van der Waals surface area contributed by atoms with Crippen LogP contribution in [0.4, 0.5) is 5.69 Å². The number of nitrogens with zero attached hydrogens (tertiary/aromatic N) is 2. The number of carbonyl (C=O) groups is 1. The molecule has 2 aromatic rings. The van der Waals surface area contributed by atoms with Gasteiger partial charge in [0, 0.05) is 27.8 Å². The van der Waals surface area contributed by atoms with E-state index in [9.17, 15) is 10.1 Å². The smallest absolute Gasteiger partial charge is 0.230 e. The number of rotatable bonds is 8. The fourth-order valence-electron chi connectivity index (χ4n) is 6.21. The highest BCUT2D eigenvalue weighted by Gasteiger charge is 2.41. The summed E-state index contributed by atoms with van der Waals surface area (Å²) in [6.07, 6.45) is 8.35. The van der Waals surface area contributed by atoms with Gasteiger partial charge in [0.1, 0.15) is 11.8 Å². The Morgan fingerprint density at radius 2 is 1.71 bits per heavy atom. The number of methoxy groups -OCH3 is 1. The summed E-state index contributed by atoms with van der Waals surface area (Å²) in [5.41, 5.74) is 2.85. The Kier molecular flexibility index (Phi) is 10.6. The van der Waals surface area contributed by atoms with Crippen LogP contribution in [0, 0.1) is 26.7 Å². The number of amides is 1. The fraction of sp³-hybridized carbons (Fsp3) is 0.588. The summed E-state index contributed by atoms with van der Waals surface area (Å²) in [5.74, 6) is 1.90. The average molecular weight is 687 g/mol. The maximum atomic E-state index is 14.1. The summed E-state index contributed by atoms with van der Waals surface area (Å²) in [6.45, 7) is 12.3. The molecule has 0 aliphatic heterocycles. The van der Waals surface area contributed by atoms with Gasteiger partial charge < -0.3 is 14.1 Å². The van der Waals surface area contributed by atoms with Crippen molar-refractivity contribution >= 4 is 42.5 Å². The molecule has 1 amide bonds. The van der Waals surface area contributed by atoms with Crippen molar-refractivity contribution in [1.29, 1.82) is 5.26 Å². The molecular formula is C34H47IN2O3Si. The third kappa shape index (κ3) is 7.94. The summed E-state index contributed by atoms with van der Waals surface area (Å²) in [7, 11) is -0.203. The van der Waals surface area contributed by atoms with Crippen LogP contribution in [0.5, 0.6) is 5.75 Å². The first-order valence-electron chi connectivity index (χ1n) is 15.2. The van der Waals surface area contributed by atoms with Gasteiger partial charge in [-0.1, -0.05) is 32.9 Å². The molecule has 0 heterocycles. The van der Waals surface area contributed by atoms with Crippen LogP contribution in [-0.2, 0) is 9.22 Å². The van der Waals surface area contributed by atoms with E-state index >= 15 is 0 Å². The average Bonchev–Trinajstić information content (AvgIpc) is 2.95. The van der Waals surface area contributed by atoms with Gasteiger partial charge in [-0.3, -0.25) is 4.79 Å². The number of ether oxygens (including phenoxy) is 1. The summed E-state index contributed by atoms with van der Waals surface area (Å²) >= 11 is 2.35. The lowest BCUT2D eigenvalue weighted by Gasteiger charge is -2.41. The molecule has 0 radical (unpaired) electrons. The van der Waals surface area contributed by atoms with Crippen LogP contribution >= 0.6 is 22.6 Å². The summed E-state index contributed by atoms with van der Waals surface area (Å²) < 4.78 is 13.2. The van der Waals surface area contributed by atoms with E-state index in [-0.39, 0.29) is 23.0 Å². The Morgan fingerprint density at radius 3 is 2.29 bits per heavy atom. The Bertz CT molecular complexity index is 1240. The molecule has 7 heteroatoms. The first-order valence-corrected chi connectivity index (χ1v) is 19.2. The van der Waals surface area contributed by atoms with E-state index in [1.807, 2.05) is 12.1 Å². The number of carbonyl (C=O) groups excluding carboxylic acids is 1. The van der Waals surface area contributed by atoms with Gasteiger partial charge in [0.15, 0.2) is 8.32 Å².